The number of carbonyl (C=O) groups excluding carboxylic acids is 1. The number of rotatable bonds is 4. The third-order valence-electron chi connectivity index (χ3n) is 4.78. The highest BCUT2D eigenvalue weighted by Crippen LogP contribution is 2.64. The summed E-state index contributed by atoms with van der Waals surface area (Å²) < 4.78 is 50.9. The number of ketones is 1. The van der Waals surface area contributed by atoms with Crippen LogP contribution in [0.1, 0.15) is 33.1 Å². The molecule has 0 N–H and O–H groups in total. The van der Waals surface area contributed by atoms with Crippen LogP contribution >= 0.6 is 0 Å². The average Bonchev–Trinajstić information content (AvgIpc) is 2.48. The second kappa shape index (κ2) is 3.96. The fourth-order valence-corrected chi connectivity index (χ4v) is 5.13. The van der Waals surface area contributed by atoms with Gasteiger partial charge in [0.1, 0.15) is 5.78 Å². The van der Waals surface area contributed by atoms with Crippen molar-refractivity contribution in [3.8, 4) is 0 Å². The third-order valence-corrected chi connectivity index (χ3v) is 6.07. The van der Waals surface area contributed by atoms with E-state index in [-0.39, 0.29) is 11.7 Å². The molecule has 2 aliphatic carbocycles. The van der Waals surface area contributed by atoms with Crippen LogP contribution in [0, 0.1) is 16.7 Å². The summed E-state index contributed by atoms with van der Waals surface area (Å²) in [4.78, 5) is 12.0. The average molecular weight is 282 g/mol. The molecular weight excluding hydrogens is 266 g/mol. The first-order chi connectivity index (χ1) is 8.11. The van der Waals surface area contributed by atoms with Crippen molar-refractivity contribution in [2.24, 2.45) is 16.7 Å². The van der Waals surface area contributed by atoms with E-state index in [1.807, 2.05) is 13.8 Å². The van der Waals surface area contributed by atoms with Crippen LogP contribution in [0.5, 0.6) is 0 Å². The lowest BCUT2D eigenvalue weighted by atomic mass is 9.70. The summed E-state index contributed by atoms with van der Waals surface area (Å²) in [6, 6.07) is 0. The summed E-state index contributed by atoms with van der Waals surface area (Å²) in [5.74, 6) is -0.621. The monoisotopic (exact) mass is 282 g/mol. The Hall–Kier alpha value is -0.560. The molecule has 4 nitrogen and oxygen atoms in total. The molecule has 0 aliphatic heterocycles. The van der Waals surface area contributed by atoms with Crippen molar-refractivity contribution in [3.63, 3.8) is 0 Å². The Morgan fingerprint density at radius 3 is 2.44 bits per heavy atom. The van der Waals surface area contributed by atoms with Gasteiger partial charge >= 0.3 is 6.61 Å². The largest absolute Gasteiger partial charge is 0.358 e. The minimum atomic E-state index is -4.38. The Morgan fingerprint density at radius 2 is 2.06 bits per heavy atom. The van der Waals surface area contributed by atoms with Crippen molar-refractivity contribution in [2.45, 2.75) is 39.7 Å². The van der Waals surface area contributed by atoms with E-state index in [2.05, 4.69) is 4.18 Å². The van der Waals surface area contributed by atoms with Crippen molar-refractivity contribution >= 4 is 15.9 Å². The summed E-state index contributed by atoms with van der Waals surface area (Å²) in [5.41, 5.74) is -1.52. The molecule has 0 aromatic rings. The molecule has 2 atom stereocenters. The van der Waals surface area contributed by atoms with Gasteiger partial charge in [-0.05, 0) is 24.2 Å². The van der Waals surface area contributed by atoms with Gasteiger partial charge in [-0.15, -0.1) is 0 Å². The zero-order valence-electron chi connectivity index (χ0n) is 10.3. The van der Waals surface area contributed by atoms with Gasteiger partial charge < -0.3 is 0 Å². The maximum atomic E-state index is 12.0. The number of fused-ring (bicyclic) bond motifs is 2. The first kappa shape index (κ1) is 13.9. The van der Waals surface area contributed by atoms with E-state index in [4.69, 9.17) is 0 Å². The lowest BCUT2D eigenvalue weighted by Gasteiger charge is -2.35. The van der Waals surface area contributed by atoms with E-state index in [9.17, 15) is 22.0 Å². The summed E-state index contributed by atoms with van der Waals surface area (Å²) in [7, 11) is -4.38. The molecule has 2 rings (SSSR count). The Balaban J connectivity index is 2.30. The van der Waals surface area contributed by atoms with Crippen molar-refractivity contribution in [2.75, 3.05) is 5.75 Å². The zero-order chi connectivity index (χ0) is 13.8. The van der Waals surface area contributed by atoms with Gasteiger partial charge in [0.2, 0.25) is 0 Å². The van der Waals surface area contributed by atoms with Crippen LogP contribution in [0.3, 0.4) is 0 Å². The van der Waals surface area contributed by atoms with Crippen LogP contribution in [0.15, 0.2) is 0 Å². The number of Topliss-reactive ketones (excluding diaryl/α,β-unsaturated/α-hetero) is 1. The lowest BCUT2D eigenvalue weighted by Crippen LogP contribution is -2.42. The van der Waals surface area contributed by atoms with Crippen LogP contribution < -0.4 is 0 Å². The second-order valence-corrected chi connectivity index (χ2v) is 7.32. The minimum absolute atomic E-state index is 0.134. The van der Waals surface area contributed by atoms with E-state index in [1.165, 1.54) is 0 Å². The third kappa shape index (κ3) is 1.87. The normalized spacial score (nSPS) is 34.5. The molecule has 7 heteroatoms. The molecule has 18 heavy (non-hydrogen) atoms. The molecule has 104 valence electrons. The lowest BCUT2D eigenvalue weighted by molar-refractivity contribution is -0.128. The number of carbonyl (C=O) groups is 1. The number of halogens is 2. The van der Waals surface area contributed by atoms with E-state index in [0.29, 0.717) is 12.8 Å². The van der Waals surface area contributed by atoms with Crippen molar-refractivity contribution in [1.29, 1.82) is 0 Å². The Bertz CT molecular complexity index is 471. The number of alkyl halides is 2. The predicted octanol–water partition coefficient (Wildman–Crippen LogP) is 1.95. The molecule has 0 aromatic heterocycles. The molecule has 0 spiro atoms. The van der Waals surface area contributed by atoms with Crippen molar-refractivity contribution in [1.82, 2.24) is 0 Å². The molecule has 0 radical (unpaired) electrons. The molecule has 0 saturated heterocycles. The van der Waals surface area contributed by atoms with E-state index in [0.717, 1.165) is 6.42 Å². The van der Waals surface area contributed by atoms with Gasteiger partial charge in [0.05, 0.1) is 11.2 Å². The van der Waals surface area contributed by atoms with Crippen LogP contribution in [-0.2, 0) is 19.1 Å². The fourth-order valence-electron chi connectivity index (χ4n) is 3.55. The van der Waals surface area contributed by atoms with Crippen LogP contribution in [0.4, 0.5) is 8.78 Å². The zero-order valence-corrected chi connectivity index (χ0v) is 11.1. The quantitative estimate of drug-likeness (QED) is 0.739. The molecule has 2 bridgehead atoms. The van der Waals surface area contributed by atoms with Crippen LogP contribution in [-0.4, -0.2) is 26.6 Å². The summed E-state index contributed by atoms with van der Waals surface area (Å²) in [6.45, 7) is 0.309. The predicted molar refractivity (Wildman–Crippen MR) is 59.4 cm³/mol. The SMILES string of the molecule is CC1(C)C2CCC1(CS(=O)(=O)OC(F)F)C(=O)C2. The molecular formula is C11H16F2O4S. The highest BCUT2D eigenvalue weighted by molar-refractivity contribution is 7.86. The maximum absolute atomic E-state index is 12.0. The molecule has 0 aromatic carbocycles. The van der Waals surface area contributed by atoms with Crippen molar-refractivity contribution < 1.29 is 26.2 Å². The molecule has 2 aliphatic rings. The van der Waals surface area contributed by atoms with Gasteiger partial charge in [-0.25, -0.2) is 4.18 Å². The first-order valence-electron chi connectivity index (χ1n) is 5.83. The van der Waals surface area contributed by atoms with E-state index >= 15 is 0 Å². The van der Waals surface area contributed by atoms with Gasteiger partial charge in [0.25, 0.3) is 10.1 Å². The van der Waals surface area contributed by atoms with Crippen LogP contribution in [0.2, 0.25) is 0 Å². The summed E-state index contributed by atoms with van der Waals surface area (Å²) in [6.07, 6.45) is 1.55. The van der Waals surface area contributed by atoms with Gasteiger partial charge in [0.15, 0.2) is 0 Å². The molecule has 2 saturated carbocycles. The standard InChI is InChI=1S/C11H16F2O4S/c1-10(2)7-3-4-11(10,8(14)5-7)6-18(15,16)17-9(12)13/h7,9H,3-6H2,1-2H3. The Morgan fingerprint density at radius 1 is 1.44 bits per heavy atom. The van der Waals surface area contributed by atoms with Crippen LogP contribution in [0.25, 0.3) is 0 Å². The molecule has 0 heterocycles. The van der Waals surface area contributed by atoms with Gasteiger partial charge in [0, 0.05) is 6.42 Å². The first-order valence-corrected chi connectivity index (χ1v) is 7.41. The topological polar surface area (TPSA) is 60.4 Å². The number of hydrogen-bond acceptors (Lipinski definition) is 4. The summed E-state index contributed by atoms with van der Waals surface area (Å²) in [5, 5.41) is 0. The van der Waals surface area contributed by atoms with E-state index < -0.39 is 33.3 Å². The van der Waals surface area contributed by atoms with Crippen molar-refractivity contribution in [3.05, 3.63) is 0 Å². The highest BCUT2D eigenvalue weighted by atomic mass is 32.2. The Labute approximate surface area is 105 Å². The Kier molecular flexibility index (Phi) is 3.05. The molecule has 2 fully saturated rings. The molecule has 2 unspecified atom stereocenters. The molecule has 0 amide bonds. The van der Waals surface area contributed by atoms with Gasteiger partial charge in [-0.1, -0.05) is 13.8 Å². The maximum Gasteiger partial charge on any atom is 0.358 e. The minimum Gasteiger partial charge on any atom is -0.299 e. The van der Waals surface area contributed by atoms with E-state index in [1.54, 1.807) is 0 Å². The number of hydrogen-bond donors (Lipinski definition) is 0. The second-order valence-electron chi connectivity index (χ2n) is 5.73. The fraction of sp³-hybridized carbons (Fsp3) is 0.909. The smallest absolute Gasteiger partial charge is 0.299 e. The van der Waals surface area contributed by atoms with Gasteiger partial charge in [-0.3, -0.25) is 4.79 Å². The van der Waals surface area contributed by atoms with Gasteiger partial charge in [-0.2, -0.15) is 17.2 Å². The summed E-state index contributed by atoms with van der Waals surface area (Å²) >= 11 is 0. The highest BCUT2D eigenvalue weighted by Gasteiger charge is 2.65.